The molecule has 0 aromatic carbocycles. The molecule has 0 aliphatic rings. The van der Waals surface area contributed by atoms with Crippen molar-refractivity contribution >= 4 is 17.9 Å². The highest BCUT2D eigenvalue weighted by molar-refractivity contribution is 5.71. The third-order valence-electron chi connectivity index (χ3n) is 12.2. The summed E-state index contributed by atoms with van der Waals surface area (Å²) in [6.07, 6.45) is 58.8. The summed E-state index contributed by atoms with van der Waals surface area (Å²) in [6.45, 7) is 6.63. The summed E-state index contributed by atoms with van der Waals surface area (Å²) >= 11 is 0. The summed E-state index contributed by atoms with van der Waals surface area (Å²) in [5.74, 6) is -0.861. The molecule has 0 fully saturated rings. The lowest BCUT2D eigenvalue weighted by Crippen LogP contribution is -2.30. The van der Waals surface area contributed by atoms with Gasteiger partial charge >= 0.3 is 17.9 Å². The zero-order valence-electron chi connectivity index (χ0n) is 41.7. The first kappa shape index (κ1) is 59.9. The van der Waals surface area contributed by atoms with Crippen LogP contribution < -0.4 is 0 Å². The van der Waals surface area contributed by atoms with Crippen LogP contribution in [0.2, 0.25) is 0 Å². The van der Waals surface area contributed by atoms with Crippen molar-refractivity contribution in [3.8, 4) is 0 Å². The molecule has 0 rings (SSSR count). The monoisotopic (exact) mass is 873 g/mol. The average Bonchev–Trinajstić information content (AvgIpc) is 3.27. The van der Waals surface area contributed by atoms with Crippen molar-refractivity contribution in [2.75, 3.05) is 13.2 Å². The van der Waals surface area contributed by atoms with Crippen molar-refractivity contribution in [1.82, 2.24) is 0 Å². The first-order valence-electron chi connectivity index (χ1n) is 27.3. The van der Waals surface area contributed by atoms with Gasteiger partial charge in [0, 0.05) is 19.3 Å². The highest BCUT2D eigenvalue weighted by Crippen LogP contribution is 2.16. The van der Waals surface area contributed by atoms with Crippen LogP contribution in [0.1, 0.15) is 297 Å². The molecule has 6 heteroatoms. The van der Waals surface area contributed by atoms with Gasteiger partial charge in [-0.25, -0.2) is 0 Å². The van der Waals surface area contributed by atoms with E-state index in [1.165, 1.54) is 186 Å². The smallest absolute Gasteiger partial charge is 0.306 e. The maximum absolute atomic E-state index is 12.8. The Balaban J connectivity index is 4.30. The van der Waals surface area contributed by atoms with Crippen molar-refractivity contribution in [2.24, 2.45) is 0 Å². The van der Waals surface area contributed by atoms with Crippen molar-refractivity contribution in [1.29, 1.82) is 0 Å². The van der Waals surface area contributed by atoms with E-state index < -0.39 is 6.10 Å². The zero-order valence-corrected chi connectivity index (χ0v) is 41.7. The second kappa shape index (κ2) is 51.5. The number of carbonyl (C=O) groups is 3. The van der Waals surface area contributed by atoms with Crippen LogP contribution in [0, 0.1) is 0 Å². The molecule has 0 radical (unpaired) electrons. The number of allylic oxidation sites excluding steroid dienone is 4. The Bertz CT molecular complexity index is 1000. The fourth-order valence-corrected chi connectivity index (χ4v) is 8.06. The quantitative estimate of drug-likeness (QED) is 0.0262. The first-order chi connectivity index (χ1) is 30.5. The van der Waals surface area contributed by atoms with Gasteiger partial charge in [0.15, 0.2) is 6.10 Å². The van der Waals surface area contributed by atoms with Gasteiger partial charge in [-0.1, -0.05) is 251 Å². The predicted octanol–water partition coefficient (Wildman–Crippen LogP) is 17.9. The molecule has 0 aliphatic heterocycles. The molecule has 1 atom stereocenters. The number of carbonyl (C=O) groups excluding carboxylic acids is 3. The molecule has 0 aliphatic carbocycles. The van der Waals surface area contributed by atoms with Crippen LogP contribution in [0.25, 0.3) is 0 Å². The molecule has 0 bridgehead atoms. The topological polar surface area (TPSA) is 78.9 Å². The van der Waals surface area contributed by atoms with Gasteiger partial charge in [-0.05, 0) is 51.4 Å². The minimum absolute atomic E-state index is 0.0688. The lowest BCUT2D eigenvalue weighted by Gasteiger charge is -2.18. The molecule has 1 unspecified atom stereocenters. The standard InChI is InChI=1S/C56H104O6/c1-4-7-10-13-16-19-22-24-26-28-30-32-34-37-40-43-46-49-55(58)61-52-53(51-60-54(57)48-45-42-39-36-21-18-15-12-9-6-3)62-56(59)50-47-44-41-38-35-33-31-29-27-25-23-20-17-14-11-8-5-2/h16,19,24,26,53H,4-15,17-18,20-23,25,27-52H2,1-3H3/b19-16-,26-24-. The maximum atomic E-state index is 12.8. The maximum Gasteiger partial charge on any atom is 0.306 e. The van der Waals surface area contributed by atoms with E-state index in [4.69, 9.17) is 14.2 Å². The minimum atomic E-state index is -0.768. The summed E-state index contributed by atoms with van der Waals surface area (Å²) in [7, 11) is 0. The summed E-state index contributed by atoms with van der Waals surface area (Å²) < 4.78 is 16.8. The number of ether oxygens (including phenoxy) is 3. The largest absolute Gasteiger partial charge is 0.462 e. The summed E-state index contributed by atoms with van der Waals surface area (Å²) in [6, 6.07) is 0. The molecule has 0 N–H and O–H groups in total. The Labute approximate surface area is 385 Å². The van der Waals surface area contributed by atoms with Gasteiger partial charge in [-0.2, -0.15) is 0 Å². The number of unbranched alkanes of at least 4 members (excludes halogenated alkanes) is 35. The van der Waals surface area contributed by atoms with Crippen LogP contribution in [0.4, 0.5) is 0 Å². The first-order valence-corrected chi connectivity index (χ1v) is 27.3. The number of hydrogen-bond donors (Lipinski definition) is 0. The number of hydrogen-bond acceptors (Lipinski definition) is 6. The average molecular weight is 873 g/mol. The van der Waals surface area contributed by atoms with E-state index in [-0.39, 0.29) is 31.1 Å². The highest BCUT2D eigenvalue weighted by Gasteiger charge is 2.19. The SMILES string of the molecule is CCCCC/C=C\C/C=C\CCCCCCCCCC(=O)OCC(COC(=O)CCCCCCCCCCCC)OC(=O)CCCCCCCCCCCCCCCCCCC. The molecule has 6 nitrogen and oxygen atoms in total. The Kier molecular flexibility index (Phi) is 49.8. The molecule has 0 aromatic heterocycles. The fourth-order valence-electron chi connectivity index (χ4n) is 8.06. The van der Waals surface area contributed by atoms with E-state index in [0.717, 1.165) is 70.6 Å². The molecule has 0 heterocycles. The third kappa shape index (κ3) is 48.9. The van der Waals surface area contributed by atoms with Crippen LogP contribution >= 0.6 is 0 Å². The molecule has 364 valence electrons. The Morgan fingerprint density at radius 2 is 0.581 bits per heavy atom. The van der Waals surface area contributed by atoms with Crippen LogP contribution in [-0.2, 0) is 28.6 Å². The van der Waals surface area contributed by atoms with E-state index in [0.29, 0.717) is 19.3 Å². The second-order valence-corrected chi connectivity index (χ2v) is 18.5. The lowest BCUT2D eigenvalue weighted by molar-refractivity contribution is -0.167. The molecule has 0 aromatic rings. The minimum Gasteiger partial charge on any atom is -0.462 e. The third-order valence-corrected chi connectivity index (χ3v) is 12.2. The number of esters is 3. The van der Waals surface area contributed by atoms with Crippen LogP contribution in [-0.4, -0.2) is 37.2 Å². The molecule has 0 amide bonds. The van der Waals surface area contributed by atoms with Gasteiger partial charge in [-0.15, -0.1) is 0 Å². The van der Waals surface area contributed by atoms with Gasteiger partial charge in [0.05, 0.1) is 0 Å². The highest BCUT2D eigenvalue weighted by atomic mass is 16.6. The van der Waals surface area contributed by atoms with Gasteiger partial charge in [0.1, 0.15) is 13.2 Å². The fraction of sp³-hybridized carbons (Fsp3) is 0.875. The van der Waals surface area contributed by atoms with Gasteiger partial charge in [0.2, 0.25) is 0 Å². The number of rotatable bonds is 50. The summed E-state index contributed by atoms with van der Waals surface area (Å²) in [5, 5.41) is 0. The van der Waals surface area contributed by atoms with Crippen molar-refractivity contribution in [3.63, 3.8) is 0 Å². The van der Waals surface area contributed by atoms with Crippen LogP contribution in [0.15, 0.2) is 24.3 Å². The molecular weight excluding hydrogens is 769 g/mol. The van der Waals surface area contributed by atoms with E-state index in [1.807, 2.05) is 0 Å². The molecular formula is C56H104O6. The van der Waals surface area contributed by atoms with Crippen molar-refractivity contribution < 1.29 is 28.6 Å². The normalized spacial score (nSPS) is 12.1. The van der Waals surface area contributed by atoms with Gasteiger partial charge in [-0.3, -0.25) is 14.4 Å². The van der Waals surface area contributed by atoms with Crippen molar-refractivity contribution in [3.05, 3.63) is 24.3 Å². The molecule has 0 spiro atoms. The second-order valence-electron chi connectivity index (χ2n) is 18.5. The summed E-state index contributed by atoms with van der Waals surface area (Å²) in [5.41, 5.74) is 0. The Morgan fingerprint density at radius 3 is 0.919 bits per heavy atom. The molecule has 0 saturated heterocycles. The summed E-state index contributed by atoms with van der Waals surface area (Å²) in [4.78, 5) is 38.0. The predicted molar refractivity (Wildman–Crippen MR) is 266 cm³/mol. The zero-order chi connectivity index (χ0) is 45.1. The van der Waals surface area contributed by atoms with E-state index in [1.54, 1.807) is 0 Å². The van der Waals surface area contributed by atoms with Crippen LogP contribution in [0.5, 0.6) is 0 Å². The molecule has 0 saturated carbocycles. The van der Waals surface area contributed by atoms with Crippen LogP contribution in [0.3, 0.4) is 0 Å². The Hall–Kier alpha value is -2.11. The van der Waals surface area contributed by atoms with Crippen molar-refractivity contribution in [2.45, 2.75) is 303 Å². The van der Waals surface area contributed by atoms with Gasteiger partial charge < -0.3 is 14.2 Å². The van der Waals surface area contributed by atoms with Gasteiger partial charge in [0.25, 0.3) is 0 Å². The van der Waals surface area contributed by atoms with E-state index in [9.17, 15) is 14.4 Å². The van der Waals surface area contributed by atoms with E-state index >= 15 is 0 Å². The molecule has 62 heavy (non-hydrogen) atoms. The van der Waals surface area contributed by atoms with E-state index in [2.05, 4.69) is 45.1 Å². The lowest BCUT2D eigenvalue weighted by atomic mass is 10.0. The Morgan fingerprint density at radius 1 is 0.323 bits per heavy atom.